The predicted octanol–water partition coefficient (Wildman–Crippen LogP) is 2.59. The van der Waals surface area contributed by atoms with Gasteiger partial charge < -0.3 is 13.9 Å². The van der Waals surface area contributed by atoms with Crippen LogP contribution in [-0.4, -0.2) is 27.4 Å². The first-order valence-electron chi connectivity index (χ1n) is 7.64. The molecule has 0 fully saturated rings. The smallest absolute Gasteiger partial charge is 0.242 e. The Morgan fingerprint density at radius 1 is 1.36 bits per heavy atom. The van der Waals surface area contributed by atoms with Gasteiger partial charge in [0.1, 0.15) is 30.0 Å². The summed E-state index contributed by atoms with van der Waals surface area (Å²) < 4.78 is 7.19. The summed E-state index contributed by atoms with van der Waals surface area (Å²) in [6.45, 7) is 1.80. The van der Waals surface area contributed by atoms with Crippen LogP contribution in [0, 0.1) is 22.7 Å². The van der Waals surface area contributed by atoms with Crippen LogP contribution in [0.4, 0.5) is 0 Å². The molecule has 2 heterocycles. The van der Waals surface area contributed by atoms with Crippen LogP contribution in [0.3, 0.4) is 0 Å². The molecule has 124 valence electrons. The van der Waals surface area contributed by atoms with E-state index in [4.69, 9.17) is 14.9 Å². The van der Waals surface area contributed by atoms with Crippen molar-refractivity contribution in [1.29, 1.82) is 10.5 Å². The Hall–Kier alpha value is -3.58. The number of fused-ring (bicyclic) bond motifs is 1. The maximum Gasteiger partial charge on any atom is 0.242 e. The standard InChI is InChI=1S/C18H15N5O2/c1-12(17-7-13-5-3-4-6-16(13)25-17)22(2)18(24)10-23-11-21-14(8-19)15(23)9-20/h3-7,11-12H,10H2,1-2H3/t12-/m1/s1. The molecule has 0 spiro atoms. The summed E-state index contributed by atoms with van der Waals surface area (Å²) in [7, 11) is 1.67. The van der Waals surface area contributed by atoms with E-state index < -0.39 is 0 Å². The molecule has 0 N–H and O–H groups in total. The molecule has 0 bridgehead atoms. The van der Waals surface area contributed by atoms with Gasteiger partial charge in [0.2, 0.25) is 5.91 Å². The fraction of sp³-hybridized carbons (Fsp3) is 0.222. The second kappa shape index (κ2) is 6.50. The van der Waals surface area contributed by atoms with Crippen molar-refractivity contribution < 1.29 is 9.21 Å². The lowest BCUT2D eigenvalue weighted by Crippen LogP contribution is -2.32. The van der Waals surface area contributed by atoms with E-state index in [1.165, 1.54) is 10.9 Å². The number of carbonyl (C=O) groups excluding carboxylic acids is 1. The van der Waals surface area contributed by atoms with Crippen LogP contribution < -0.4 is 0 Å². The highest BCUT2D eigenvalue weighted by molar-refractivity contribution is 5.79. The lowest BCUT2D eigenvalue weighted by atomic mass is 10.2. The molecule has 0 aliphatic heterocycles. The van der Waals surface area contributed by atoms with Gasteiger partial charge in [0.05, 0.1) is 12.4 Å². The molecule has 1 atom stereocenters. The van der Waals surface area contributed by atoms with Gasteiger partial charge in [-0.1, -0.05) is 18.2 Å². The van der Waals surface area contributed by atoms with Crippen LogP contribution in [0.1, 0.15) is 30.1 Å². The number of rotatable bonds is 4. The van der Waals surface area contributed by atoms with Crippen LogP contribution in [0.5, 0.6) is 0 Å². The van der Waals surface area contributed by atoms with E-state index in [2.05, 4.69) is 4.98 Å². The van der Waals surface area contributed by atoms with Gasteiger partial charge in [0, 0.05) is 12.4 Å². The molecule has 3 rings (SSSR count). The fourth-order valence-electron chi connectivity index (χ4n) is 2.57. The van der Waals surface area contributed by atoms with Crippen molar-refractivity contribution in [2.45, 2.75) is 19.5 Å². The summed E-state index contributed by atoms with van der Waals surface area (Å²) >= 11 is 0. The highest BCUT2D eigenvalue weighted by Gasteiger charge is 2.22. The quantitative estimate of drug-likeness (QED) is 0.730. The number of para-hydroxylation sites is 1. The minimum absolute atomic E-state index is 0.0169. The second-order valence-electron chi connectivity index (χ2n) is 5.66. The number of furan rings is 1. The highest BCUT2D eigenvalue weighted by Crippen LogP contribution is 2.26. The van der Waals surface area contributed by atoms with Crippen molar-refractivity contribution in [3.8, 4) is 12.1 Å². The van der Waals surface area contributed by atoms with Gasteiger partial charge in [-0.15, -0.1) is 0 Å². The molecule has 7 nitrogen and oxygen atoms in total. The molecule has 0 aliphatic rings. The average molecular weight is 333 g/mol. The molecule has 7 heteroatoms. The van der Waals surface area contributed by atoms with Crippen molar-refractivity contribution >= 4 is 16.9 Å². The molecule has 2 aromatic heterocycles. The van der Waals surface area contributed by atoms with Crippen molar-refractivity contribution in [2.75, 3.05) is 7.05 Å². The Labute approximate surface area is 144 Å². The number of nitrogens with zero attached hydrogens (tertiary/aromatic N) is 5. The molecule has 0 unspecified atom stereocenters. The van der Waals surface area contributed by atoms with Crippen LogP contribution in [0.2, 0.25) is 0 Å². The molecule has 0 saturated heterocycles. The van der Waals surface area contributed by atoms with E-state index >= 15 is 0 Å². The number of benzene rings is 1. The van der Waals surface area contributed by atoms with Gasteiger partial charge in [0.15, 0.2) is 11.4 Å². The van der Waals surface area contributed by atoms with Crippen molar-refractivity contribution in [3.63, 3.8) is 0 Å². The summed E-state index contributed by atoms with van der Waals surface area (Å²) in [5.74, 6) is 0.465. The third kappa shape index (κ3) is 2.96. The van der Waals surface area contributed by atoms with E-state index in [0.29, 0.717) is 5.76 Å². The normalized spacial score (nSPS) is 11.7. The number of hydrogen-bond acceptors (Lipinski definition) is 5. The summed E-state index contributed by atoms with van der Waals surface area (Å²) in [5.41, 5.74) is 0.870. The zero-order chi connectivity index (χ0) is 18.0. The Bertz CT molecular complexity index is 985. The largest absolute Gasteiger partial charge is 0.459 e. The van der Waals surface area contributed by atoms with Gasteiger partial charge >= 0.3 is 0 Å². The van der Waals surface area contributed by atoms with E-state index in [9.17, 15) is 4.79 Å². The molecule has 1 amide bonds. The summed E-state index contributed by atoms with van der Waals surface area (Å²) in [6, 6.07) is 13.0. The Balaban J connectivity index is 1.79. The SMILES string of the molecule is C[C@H](c1cc2ccccc2o1)N(C)C(=O)Cn1cnc(C#N)c1C#N. The van der Waals surface area contributed by atoms with E-state index in [-0.39, 0.29) is 29.9 Å². The number of imidazole rings is 1. The fourth-order valence-corrected chi connectivity index (χ4v) is 2.57. The van der Waals surface area contributed by atoms with E-state index in [1.54, 1.807) is 11.9 Å². The maximum atomic E-state index is 12.6. The van der Waals surface area contributed by atoms with Crippen LogP contribution in [0.25, 0.3) is 11.0 Å². The Morgan fingerprint density at radius 3 is 2.80 bits per heavy atom. The molecular weight excluding hydrogens is 318 g/mol. The highest BCUT2D eigenvalue weighted by atomic mass is 16.3. The van der Waals surface area contributed by atoms with Crippen LogP contribution in [0.15, 0.2) is 41.1 Å². The Morgan fingerprint density at radius 2 is 2.12 bits per heavy atom. The lowest BCUT2D eigenvalue weighted by Gasteiger charge is -2.23. The van der Waals surface area contributed by atoms with Crippen molar-refractivity contribution in [1.82, 2.24) is 14.5 Å². The van der Waals surface area contributed by atoms with Crippen LogP contribution >= 0.6 is 0 Å². The van der Waals surface area contributed by atoms with Gasteiger partial charge in [-0.25, -0.2) is 4.98 Å². The number of amides is 1. The van der Waals surface area contributed by atoms with E-state index in [1.807, 2.05) is 49.4 Å². The summed E-state index contributed by atoms with van der Waals surface area (Å²) in [5, 5.41) is 19.0. The number of aromatic nitrogens is 2. The predicted molar refractivity (Wildman–Crippen MR) is 89.1 cm³/mol. The Kier molecular flexibility index (Phi) is 4.23. The lowest BCUT2D eigenvalue weighted by molar-refractivity contribution is -0.132. The first kappa shape index (κ1) is 16.3. The first-order valence-corrected chi connectivity index (χ1v) is 7.64. The molecule has 0 radical (unpaired) electrons. The van der Waals surface area contributed by atoms with Crippen molar-refractivity contribution in [3.05, 3.63) is 53.8 Å². The number of carbonyl (C=O) groups is 1. The summed E-state index contributed by atoms with van der Waals surface area (Å²) in [4.78, 5) is 17.9. The summed E-state index contributed by atoms with van der Waals surface area (Å²) in [6.07, 6.45) is 1.33. The molecule has 0 saturated carbocycles. The molecule has 0 aliphatic carbocycles. The number of likely N-dealkylation sites (N-methyl/N-ethyl adjacent to an activating group) is 1. The van der Waals surface area contributed by atoms with Gasteiger partial charge in [0.25, 0.3) is 0 Å². The molecule has 1 aromatic carbocycles. The third-order valence-electron chi connectivity index (χ3n) is 4.19. The molecule has 3 aromatic rings. The average Bonchev–Trinajstić information content (AvgIpc) is 3.23. The van der Waals surface area contributed by atoms with Gasteiger partial charge in [-0.05, 0) is 19.1 Å². The monoisotopic (exact) mass is 333 g/mol. The van der Waals surface area contributed by atoms with Gasteiger partial charge in [-0.2, -0.15) is 10.5 Å². The molecule has 25 heavy (non-hydrogen) atoms. The second-order valence-corrected chi connectivity index (χ2v) is 5.66. The number of nitriles is 2. The van der Waals surface area contributed by atoms with Crippen LogP contribution in [-0.2, 0) is 11.3 Å². The number of hydrogen-bond donors (Lipinski definition) is 0. The van der Waals surface area contributed by atoms with E-state index in [0.717, 1.165) is 11.0 Å². The zero-order valence-corrected chi connectivity index (χ0v) is 13.8. The maximum absolute atomic E-state index is 12.6. The molecular formula is C18H15N5O2. The third-order valence-corrected chi connectivity index (χ3v) is 4.19. The first-order chi connectivity index (χ1) is 12.0. The zero-order valence-electron chi connectivity index (χ0n) is 13.8. The van der Waals surface area contributed by atoms with Crippen molar-refractivity contribution in [2.24, 2.45) is 0 Å². The minimum Gasteiger partial charge on any atom is -0.459 e. The minimum atomic E-state index is -0.274. The van der Waals surface area contributed by atoms with Gasteiger partial charge in [-0.3, -0.25) is 4.79 Å². The topological polar surface area (TPSA) is 98.8 Å².